The molecule has 0 bridgehead atoms. The van der Waals surface area contributed by atoms with Crippen LogP contribution in [0.4, 0.5) is 0 Å². The highest BCUT2D eigenvalue weighted by molar-refractivity contribution is 7.09. The highest BCUT2D eigenvalue weighted by Crippen LogP contribution is 2.19. The first-order chi connectivity index (χ1) is 8.69. The minimum atomic E-state index is 0.481. The van der Waals surface area contributed by atoms with Crippen molar-refractivity contribution in [2.75, 3.05) is 6.61 Å². The van der Waals surface area contributed by atoms with Crippen LogP contribution in [0.15, 0.2) is 23.6 Å². The van der Waals surface area contributed by atoms with Crippen LogP contribution in [0.1, 0.15) is 21.8 Å². The van der Waals surface area contributed by atoms with Crippen molar-refractivity contribution in [1.82, 2.24) is 4.98 Å². The lowest BCUT2D eigenvalue weighted by atomic mass is 10.1. The SMILES string of the molecule is Cc1ccc(C)c(OCCc2nc(CCl)cs2)c1. The van der Waals surface area contributed by atoms with Gasteiger partial charge in [0.15, 0.2) is 0 Å². The zero-order valence-corrected chi connectivity index (χ0v) is 12.1. The van der Waals surface area contributed by atoms with E-state index < -0.39 is 0 Å². The predicted octanol–water partition coefficient (Wildman–Crippen LogP) is 4.12. The number of aryl methyl sites for hydroxylation is 2. The quantitative estimate of drug-likeness (QED) is 0.769. The first-order valence-electron chi connectivity index (χ1n) is 5.88. The molecule has 0 spiro atoms. The monoisotopic (exact) mass is 281 g/mol. The van der Waals surface area contributed by atoms with Crippen LogP contribution in [-0.2, 0) is 12.3 Å². The summed E-state index contributed by atoms with van der Waals surface area (Å²) in [6.07, 6.45) is 0.828. The van der Waals surface area contributed by atoms with E-state index in [0.29, 0.717) is 12.5 Å². The summed E-state index contributed by atoms with van der Waals surface area (Å²) in [5.74, 6) is 1.44. The van der Waals surface area contributed by atoms with Gasteiger partial charge in [0.1, 0.15) is 5.75 Å². The first kappa shape index (κ1) is 13.4. The zero-order chi connectivity index (χ0) is 13.0. The highest BCUT2D eigenvalue weighted by atomic mass is 35.5. The van der Waals surface area contributed by atoms with Crippen LogP contribution in [0.3, 0.4) is 0 Å². The van der Waals surface area contributed by atoms with Gasteiger partial charge in [0.05, 0.1) is 23.2 Å². The van der Waals surface area contributed by atoms with Gasteiger partial charge in [0, 0.05) is 11.8 Å². The van der Waals surface area contributed by atoms with Crippen molar-refractivity contribution in [3.05, 3.63) is 45.4 Å². The summed E-state index contributed by atoms with van der Waals surface area (Å²) in [6.45, 7) is 4.78. The summed E-state index contributed by atoms with van der Waals surface area (Å²) in [5, 5.41) is 3.08. The average molecular weight is 282 g/mol. The van der Waals surface area contributed by atoms with Crippen molar-refractivity contribution in [3.8, 4) is 5.75 Å². The number of nitrogens with zero attached hydrogens (tertiary/aromatic N) is 1. The first-order valence-corrected chi connectivity index (χ1v) is 7.30. The van der Waals surface area contributed by atoms with E-state index in [0.717, 1.165) is 22.9 Å². The molecule has 0 saturated heterocycles. The van der Waals surface area contributed by atoms with E-state index in [1.54, 1.807) is 11.3 Å². The molecule has 0 unspecified atom stereocenters. The Morgan fingerprint density at radius 1 is 1.33 bits per heavy atom. The summed E-state index contributed by atoms with van der Waals surface area (Å²) in [7, 11) is 0. The number of hydrogen-bond acceptors (Lipinski definition) is 3. The Balaban J connectivity index is 1.90. The molecule has 0 aliphatic carbocycles. The molecule has 18 heavy (non-hydrogen) atoms. The van der Waals surface area contributed by atoms with E-state index in [9.17, 15) is 0 Å². The molecule has 0 aliphatic heterocycles. The fourth-order valence-electron chi connectivity index (χ4n) is 1.64. The third-order valence-electron chi connectivity index (χ3n) is 2.65. The summed E-state index contributed by atoms with van der Waals surface area (Å²) >= 11 is 7.36. The van der Waals surface area contributed by atoms with Crippen LogP contribution in [-0.4, -0.2) is 11.6 Å². The molecule has 0 amide bonds. The minimum absolute atomic E-state index is 0.481. The van der Waals surface area contributed by atoms with Crippen LogP contribution >= 0.6 is 22.9 Å². The van der Waals surface area contributed by atoms with Crippen molar-refractivity contribution < 1.29 is 4.74 Å². The Kier molecular flexibility index (Phi) is 4.61. The number of halogens is 1. The molecule has 1 aromatic carbocycles. The maximum absolute atomic E-state index is 5.80. The van der Waals surface area contributed by atoms with Gasteiger partial charge in [0.2, 0.25) is 0 Å². The summed E-state index contributed by atoms with van der Waals surface area (Å²) < 4.78 is 5.80. The molecule has 0 aliphatic rings. The lowest BCUT2D eigenvalue weighted by Crippen LogP contribution is -2.02. The molecule has 2 rings (SSSR count). The van der Waals surface area contributed by atoms with Crippen molar-refractivity contribution >= 4 is 22.9 Å². The predicted molar refractivity (Wildman–Crippen MR) is 76.8 cm³/mol. The van der Waals surface area contributed by atoms with Crippen LogP contribution in [0.25, 0.3) is 0 Å². The van der Waals surface area contributed by atoms with Gasteiger partial charge in [-0.05, 0) is 31.0 Å². The summed E-state index contributed by atoms with van der Waals surface area (Å²) in [6, 6.07) is 6.25. The second-order valence-corrected chi connectivity index (χ2v) is 5.44. The molecule has 2 nitrogen and oxygen atoms in total. The number of thiazole rings is 1. The van der Waals surface area contributed by atoms with Gasteiger partial charge in [-0.25, -0.2) is 4.98 Å². The fraction of sp³-hybridized carbons (Fsp3) is 0.357. The smallest absolute Gasteiger partial charge is 0.122 e. The van der Waals surface area contributed by atoms with Gasteiger partial charge in [-0.3, -0.25) is 0 Å². The molecule has 0 radical (unpaired) electrons. The Bertz CT molecular complexity index is 524. The number of benzene rings is 1. The van der Waals surface area contributed by atoms with Crippen molar-refractivity contribution in [3.63, 3.8) is 0 Å². The fourth-order valence-corrected chi connectivity index (χ4v) is 2.64. The van der Waals surface area contributed by atoms with Crippen LogP contribution < -0.4 is 4.74 Å². The molecule has 0 saturated carbocycles. The molecule has 0 atom stereocenters. The van der Waals surface area contributed by atoms with Crippen molar-refractivity contribution in [2.45, 2.75) is 26.1 Å². The number of hydrogen-bond donors (Lipinski definition) is 0. The zero-order valence-electron chi connectivity index (χ0n) is 10.6. The normalized spacial score (nSPS) is 10.6. The molecule has 2 aromatic rings. The number of ether oxygens (including phenoxy) is 1. The van der Waals surface area contributed by atoms with Crippen molar-refractivity contribution in [2.24, 2.45) is 0 Å². The third kappa shape index (κ3) is 3.47. The Labute approximate surface area is 117 Å². The van der Waals surface area contributed by atoms with E-state index >= 15 is 0 Å². The second kappa shape index (κ2) is 6.21. The molecule has 1 heterocycles. The van der Waals surface area contributed by atoms with Gasteiger partial charge >= 0.3 is 0 Å². The molecule has 0 fully saturated rings. The van der Waals surface area contributed by atoms with Gasteiger partial charge in [-0.2, -0.15) is 0 Å². The van der Waals surface area contributed by atoms with E-state index in [1.807, 2.05) is 5.38 Å². The Morgan fingerprint density at radius 2 is 2.17 bits per heavy atom. The summed E-state index contributed by atoms with van der Waals surface area (Å²) in [4.78, 5) is 4.41. The van der Waals surface area contributed by atoms with Crippen molar-refractivity contribution in [1.29, 1.82) is 0 Å². The molecule has 4 heteroatoms. The Hall–Kier alpha value is -1.06. The molecular weight excluding hydrogens is 266 g/mol. The van der Waals surface area contributed by atoms with Gasteiger partial charge in [-0.15, -0.1) is 22.9 Å². The number of alkyl halides is 1. The van der Waals surface area contributed by atoms with E-state index in [4.69, 9.17) is 16.3 Å². The topological polar surface area (TPSA) is 22.1 Å². The number of aromatic nitrogens is 1. The third-order valence-corrected chi connectivity index (χ3v) is 3.88. The molecule has 0 N–H and O–H groups in total. The van der Waals surface area contributed by atoms with Crippen LogP contribution in [0, 0.1) is 13.8 Å². The summed E-state index contributed by atoms with van der Waals surface area (Å²) in [5.41, 5.74) is 3.33. The minimum Gasteiger partial charge on any atom is -0.493 e. The van der Waals surface area contributed by atoms with Crippen LogP contribution in [0.2, 0.25) is 0 Å². The van der Waals surface area contributed by atoms with E-state index in [-0.39, 0.29) is 0 Å². The highest BCUT2D eigenvalue weighted by Gasteiger charge is 2.03. The average Bonchev–Trinajstić information content (AvgIpc) is 2.81. The molecular formula is C14H16ClNOS. The molecule has 96 valence electrons. The van der Waals surface area contributed by atoms with E-state index in [1.165, 1.54) is 11.1 Å². The molecule has 1 aromatic heterocycles. The number of rotatable bonds is 5. The van der Waals surface area contributed by atoms with Gasteiger partial charge < -0.3 is 4.74 Å². The standard InChI is InChI=1S/C14H16ClNOS/c1-10-3-4-11(2)13(7-10)17-6-5-14-16-12(8-15)9-18-14/h3-4,7,9H,5-6,8H2,1-2H3. The van der Waals surface area contributed by atoms with Gasteiger partial charge in [-0.1, -0.05) is 12.1 Å². The maximum atomic E-state index is 5.80. The van der Waals surface area contributed by atoms with Gasteiger partial charge in [0.25, 0.3) is 0 Å². The Morgan fingerprint density at radius 3 is 2.89 bits per heavy atom. The lowest BCUT2D eigenvalue weighted by Gasteiger charge is -2.08. The lowest BCUT2D eigenvalue weighted by molar-refractivity contribution is 0.319. The van der Waals surface area contributed by atoms with Crippen LogP contribution in [0.5, 0.6) is 5.75 Å². The maximum Gasteiger partial charge on any atom is 0.122 e. The van der Waals surface area contributed by atoms with E-state index in [2.05, 4.69) is 37.0 Å². The largest absolute Gasteiger partial charge is 0.493 e. The second-order valence-electron chi connectivity index (χ2n) is 4.23.